The van der Waals surface area contributed by atoms with Crippen LogP contribution in [0.5, 0.6) is 5.75 Å². The minimum Gasteiger partial charge on any atom is -0.497 e. The van der Waals surface area contributed by atoms with Crippen molar-refractivity contribution in [2.24, 2.45) is 0 Å². The molecule has 2 saturated heterocycles. The molecule has 2 atom stereocenters. The van der Waals surface area contributed by atoms with Gasteiger partial charge >= 0.3 is 0 Å². The van der Waals surface area contributed by atoms with E-state index in [0.29, 0.717) is 18.6 Å². The molecule has 0 bridgehead atoms. The third kappa shape index (κ3) is 3.88. The highest BCUT2D eigenvalue weighted by atomic mass is 16.5. The van der Waals surface area contributed by atoms with Gasteiger partial charge in [0.15, 0.2) is 0 Å². The maximum atomic E-state index is 12.6. The van der Waals surface area contributed by atoms with Gasteiger partial charge in [-0.25, -0.2) is 0 Å². The SMILES string of the molecule is CCC[C@H]1COC[C@H]2CN(Cc3cc4ccc(OC)cc4[nH]c3=O)CCN12. The third-order valence-corrected chi connectivity index (χ3v) is 5.85. The fourth-order valence-electron chi connectivity index (χ4n) is 4.44. The fourth-order valence-corrected chi connectivity index (χ4v) is 4.44. The van der Waals surface area contributed by atoms with E-state index >= 15 is 0 Å². The summed E-state index contributed by atoms with van der Waals surface area (Å²) in [7, 11) is 1.63. The molecule has 1 aromatic heterocycles. The van der Waals surface area contributed by atoms with Crippen LogP contribution < -0.4 is 10.3 Å². The zero-order valence-electron chi connectivity index (χ0n) is 16.2. The monoisotopic (exact) mass is 371 g/mol. The molecule has 3 heterocycles. The molecule has 27 heavy (non-hydrogen) atoms. The number of piperazine rings is 1. The Morgan fingerprint density at radius 3 is 2.96 bits per heavy atom. The summed E-state index contributed by atoms with van der Waals surface area (Å²) < 4.78 is 11.1. The number of pyridine rings is 1. The predicted molar refractivity (Wildman–Crippen MR) is 106 cm³/mol. The summed E-state index contributed by atoms with van der Waals surface area (Å²) in [5.41, 5.74) is 1.63. The summed E-state index contributed by atoms with van der Waals surface area (Å²) in [5.74, 6) is 0.751. The quantitative estimate of drug-likeness (QED) is 0.873. The van der Waals surface area contributed by atoms with Crippen molar-refractivity contribution < 1.29 is 9.47 Å². The fraction of sp³-hybridized carbons (Fsp3) is 0.571. The molecule has 2 aliphatic heterocycles. The molecule has 0 radical (unpaired) electrons. The Balaban J connectivity index is 1.48. The molecule has 6 nitrogen and oxygen atoms in total. The number of rotatable bonds is 5. The molecule has 0 spiro atoms. The number of methoxy groups -OCH3 is 1. The third-order valence-electron chi connectivity index (χ3n) is 5.85. The number of fused-ring (bicyclic) bond motifs is 2. The lowest BCUT2D eigenvalue weighted by atomic mass is 10.0. The van der Waals surface area contributed by atoms with Crippen LogP contribution in [0.15, 0.2) is 29.1 Å². The summed E-state index contributed by atoms with van der Waals surface area (Å²) in [6.07, 6.45) is 2.39. The summed E-state index contributed by atoms with van der Waals surface area (Å²) in [6.45, 7) is 7.59. The van der Waals surface area contributed by atoms with Crippen LogP contribution in [0.25, 0.3) is 10.9 Å². The van der Waals surface area contributed by atoms with Gasteiger partial charge in [0.05, 0.1) is 25.8 Å². The Labute approximate surface area is 160 Å². The minimum atomic E-state index is -0.0121. The first-order chi connectivity index (χ1) is 13.2. The van der Waals surface area contributed by atoms with E-state index in [1.165, 1.54) is 12.8 Å². The summed E-state index contributed by atoms with van der Waals surface area (Å²) >= 11 is 0. The van der Waals surface area contributed by atoms with E-state index in [2.05, 4.69) is 21.7 Å². The molecule has 2 aliphatic rings. The van der Waals surface area contributed by atoms with Crippen molar-refractivity contribution in [2.45, 2.75) is 38.4 Å². The Bertz CT molecular complexity index is 848. The average molecular weight is 371 g/mol. The molecule has 4 rings (SSSR count). The van der Waals surface area contributed by atoms with Gasteiger partial charge < -0.3 is 14.5 Å². The first-order valence-electron chi connectivity index (χ1n) is 9.93. The zero-order valence-corrected chi connectivity index (χ0v) is 16.2. The van der Waals surface area contributed by atoms with E-state index in [-0.39, 0.29) is 5.56 Å². The number of hydrogen-bond donors (Lipinski definition) is 1. The average Bonchev–Trinajstić information content (AvgIpc) is 2.68. The molecule has 2 fully saturated rings. The predicted octanol–water partition coefficient (Wildman–Crippen LogP) is 2.22. The van der Waals surface area contributed by atoms with Crippen molar-refractivity contribution in [2.75, 3.05) is 40.0 Å². The Morgan fingerprint density at radius 2 is 2.15 bits per heavy atom. The van der Waals surface area contributed by atoms with E-state index in [4.69, 9.17) is 9.47 Å². The largest absolute Gasteiger partial charge is 0.497 e. The Morgan fingerprint density at radius 1 is 1.26 bits per heavy atom. The van der Waals surface area contributed by atoms with Gasteiger partial charge in [0.2, 0.25) is 0 Å². The number of benzene rings is 1. The number of hydrogen-bond acceptors (Lipinski definition) is 5. The second-order valence-electron chi connectivity index (χ2n) is 7.68. The minimum absolute atomic E-state index is 0.0121. The van der Waals surface area contributed by atoms with Gasteiger partial charge in [0, 0.05) is 49.9 Å². The van der Waals surface area contributed by atoms with E-state index < -0.39 is 0 Å². The molecular formula is C21H29N3O3. The number of nitrogens with zero attached hydrogens (tertiary/aromatic N) is 2. The van der Waals surface area contributed by atoms with Crippen LogP contribution in [-0.2, 0) is 11.3 Å². The maximum absolute atomic E-state index is 12.6. The van der Waals surface area contributed by atoms with Crippen LogP contribution in [0, 0.1) is 0 Å². The molecule has 2 aromatic rings. The molecule has 0 unspecified atom stereocenters. The van der Waals surface area contributed by atoms with Gasteiger partial charge in [-0.2, -0.15) is 0 Å². The normalized spacial score (nSPS) is 24.1. The second kappa shape index (κ2) is 8.00. The Kier molecular flexibility index (Phi) is 5.48. The lowest BCUT2D eigenvalue weighted by Gasteiger charge is -2.48. The van der Waals surface area contributed by atoms with E-state index in [9.17, 15) is 4.79 Å². The molecule has 6 heteroatoms. The second-order valence-corrected chi connectivity index (χ2v) is 7.68. The highest BCUT2D eigenvalue weighted by molar-refractivity contribution is 5.80. The summed E-state index contributed by atoms with van der Waals surface area (Å²) in [5, 5.41) is 1.04. The van der Waals surface area contributed by atoms with Crippen LogP contribution >= 0.6 is 0 Å². The van der Waals surface area contributed by atoms with Crippen molar-refractivity contribution in [1.82, 2.24) is 14.8 Å². The number of morpholine rings is 1. The number of aromatic amines is 1. The first kappa shape index (κ1) is 18.5. The van der Waals surface area contributed by atoms with Gasteiger partial charge in [0.25, 0.3) is 5.56 Å². The lowest BCUT2D eigenvalue weighted by Crippen LogP contribution is -2.61. The molecule has 0 aliphatic carbocycles. The van der Waals surface area contributed by atoms with Gasteiger partial charge in [-0.15, -0.1) is 0 Å². The molecule has 0 amide bonds. The van der Waals surface area contributed by atoms with Gasteiger partial charge in [-0.05, 0) is 30.0 Å². The standard InChI is InChI=1S/C21H29N3O3/c1-3-4-17-13-27-14-18-12-23(7-8-24(17)18)11-16-9-15-5-6-19(26-2)10-20(15)22-21(16)25/h5-6,9-10,17-18H,3-4,7-8,11-14H2,1-2H3,(H,22,25)/t17-,18+/m0/s1. The molecule has 1 N–H and O–H groups in total. The van der Waals surface area contributed by atoms with Gasteiger partial charge in [-0.1, -0.05) is 13.3 Å². The number of ether oxygens (including phenoxy) is 2. The topological polar surface area (TPSA) is 57.8 Å². The van der Waals surface area contributed by atoms with Crippen molar-refractivity contribution in [3.05, 3.63) is 40.2 Å². The van der Waals surface area contributed by atoms with Gasteiger partial charge in [-0.3, -0.25) is 14.6 Å². The van der Waals surface area contributed by atoms with E-state index in [0.717, 1.165) is 55.1 Å². The van der Waals surface area contributed by atoms with Crippen LogP contribution in [0.4, 0.5) is 0 Å². The van der Waals surface area contributed by atoms with Crippen molar-refractivity contribution in [3.8, 4) is 5.75 Å². The van der Waals surface area contributed by atoms with Gasteiger partial charge in [0.1, 0.15) is 5.75 Å². The number of H-pyrrole nitrogens is 1. The summed E-state index contributed by atoms with van der Waals surface area (Å²) in [4.78, 5) is 20.6. The highest BCUT2D eigenvalue weighted by Gasteiger charge is 2.35. The first-order valence-corrected chi connectivity index (χ1v) is 9.93. The number of aromatic nitrogens is 1. The maximum Gasteiger partial charge on any atom is 0.252 e. The smallest absolute Gasteiger partial charge is 0.252 e. The zero-order chi connectivity index (χ0) is 18.8. The van der Waals surface area contributed by atoms with Crippen molar-refractivity contribution >= 4 is 10.9 Å². The molecule has 1 aromatic carbocycles. The van der Waals surface area contributed by atoms with Crippen LogP contribution in [0.2, 0.25) is 0 Å². The summed E-state index contributed by atoms with van der Waals surface area (Å²) in [6, 6.07) is 8.79. The lowest BCUT2D eigenvalue weighted by molar-refractivity contribution is -0.0841. The highest BCUT2D eigenvalue weighted by Crippen LogP contribution is 2.23. The van der Waals surface area contributed by atoms with Crippen LogP contribution in [0.3, 0.4) is 0 Å². The van der Waals surface area contributed by atoms with Crippen LogP contribution in [0.1, 0.15) is 25.3 Å². The van der Waals surface area contributed by atoms with E-state index in [1.807, 2.05) is 24.3 Å². The Hall–Kier alpha value is -1.89. The molecule has 146 valence electrons. The van der Waals surface area contributed by atoms with Crippen molar-refractivity contribution in [3.63, 3.8) is 0 Å². The van der Waals surface area contributed by atoms with Crippen molar-refractivity contribution in [1.29, 1.82) is 0 Å². The van der Waals surface area contributed by atoms with E-state index in [1.54, 1.807) is 7.11 Å². The number of nitrogens with one attached hydrogen (secondary N) is 1. The molecule has 0 saturated carbocycles. The molecular weight excluding hydrogens is 342 g/mol. The van der Waals surface area contributed by atoms with Crippen LogP contribution in [-0.4, -0.2) is 66.8 Å².